The van der Waals surface area contributed by atoms with Crippen molar-refractivity contribution in [1.82, 2.24) is 19.9 Å². The molecule has 4 N–H and O–H groups in total. The number of nitrogens with one attached hydrogen (secondary N) is 2. The van der Waals surface area contributed by atoms with Gasteiger partial charge in [0, 0.05) is 17.1 Å². The Morgan fingerprint density at radius 3 is 2.67 bits per heavy atom. The number of hydrogen-bond donors (Lipinski definition) is 3. The first-order valence-corrected chi connectivity index (χ1v) is 9.25. The Morgan fingerprint density at radius 1 is 1.27 bits per heavy atom. The molecule has 0 aliphatic carbocycles. The third-order valence-electron chi connectivity index (χ3n) is 4.29. The Labute approximate surface area is 173 Å². The number of esters is 1. The highest BCUT2D eigenvalue weighted by Gasteiger charge is 2.19. The standard InChI is InChI=1S/C21H21N7O2/c1-4-30-19(29)17-12(2)16(24-13(17)3)10-14(11-22)18-26-20(23)28-21(27-18)25-15-8-6-5-7-9-15/h5-10,24H,4H2,1-3H3,(H3,23,25,26,27,28)/b14-10+. The van der Waals surface area contributed by atoms with Crippen molar-refractivity contribution in [2.45, 2.75) is 20.8 Å². The number of aromatic nitrogens is 4. The number of aromatic amines is 1. The summed E-state index contributed by atoms with van der Waals surface area (Å²) in [5.41, 5.74) is 9.11. The van der Waals surface area contributed by atoms with Crippen molar-refractivity contribution in [3.05, 3.63) is 58.7 Å². The molecule has 152 valence electrons. The van der Waals surface area contributed by atoms with E-state index in [1.165, 1.54) is 0 Å². The number of H-pyrrole nitrogens is 1. The Bertz CT molecular complexity index is 1140. The van der Waals surface area contributed by atoms with Gasteiger partial charge in [-0.2, -0.15) is 20.2 Å². The van der Waals surface area contributed by atoms with Crippen molar-refractivity contribution in [1.29, 1.82) is 5.26 Å². The molecule has 0 unspecified atom stereocenters. The van der Waals surface area contributed by atoms with Crippen molar-refractivity contribution in [2.75, 3.05) is 17.7 Å². The Balaban J connectivity index is 1.99. The number of para-hydroxylation sites is 1. The van der Waals surface area contributed by atoms with Gasteiger partial charge in [0.1, 0.15) is 6.07 Å². The average molecular weight is 403 g/mol. The highest BCUT2D eigenvalue weighted by molar-refractivity contribution is 5.95. The zero-order valence-electron chi connectivity index (χ0n) is 16.9. The Hall–Kier alpha value is -4.19. The number of carbonyl (C=O) groups excluding carboxylic acids is 1. The number of hydrogen-bond acceptors (Lipinski definition) is 8. The van der Waals surface area contributed by atoms with Crippen molar-refractivity contribution in [3.8, 4) is 6.07 Å². The summed E-state index contributed by atoms with van der Waals surface area (Å²) in [6, 6.07) is 11.4. The van der Waals surface area contributed by atoms with E-state index in [9.17, 15) is 10.1 Å². The van der Waals surface area contributed by atoms with Crippen LogP contribution in [0.2, 0.25) is 0 Å². The first-order valence-electron chi connectivity index (χ1n) is 9.25. The van der Waals surface area contributed by atoms with Crippen LogP contribution in [0.5, 0.6) is 0 Å². The number of ether oxygens (including phenoxy) is 1. The second-order valence-corrected chi connectivity index (χ2v) is 6.39. The molecule has 0 amide bonds. The SMILES string of the molecule is CCOC(=O)c1c(C)[nH]c(/C=C(\C#N)c2nc(N)nc(Nc3ccccc3)n2)c1C. The lowest BCUT2D eigenvalue weighted by atomic mass is 10.1. The largest absolute Gasteiger partial charge is 0.462 e. The molecule has 0 aliphatic heterocycles. The molecule has 9 nitrogen and oxygen atoms in total. The van der Waals surface area contributed by atoms with Crippen LogP contribution < -0.4 is 11.1 Å². The van der Waals surface area contributed by atoms with E-state index in [-0.39, 0.29) is 29.9 Å². The first-order chi connectivity index (χ1) is 14.4. The molecule has 9 heteroatoms. The molecule has 0 atom stereocenters. The summed E-state index contributed by atoms with van der Waals surface area (Å²) >= 11 is 0. The number of anilines is 3. The first kappa shape index (κ1) is 20.5. The van der Waals surface area contributed by atoms with Crippen LogP contribution in [0.25, 0.3) is 11.6 Å². The lowest BCUT2D eigenvalue weighted by Gasteiger charge is -2.07. The van der Waals surface area contributed by atoms with Gasteiger partial charge in [-0.15, -0.1) is 0 Å². The van der Waals surface area contributed by atoms with Crippen LogP contribution in [0.1, 0.15) is 40.1 Å². The fraction of sp³-hybridized carbons (Fsp3) is 0.190. The van der Waals surface area contributed by atoms with Crippen LogP contribution in [0, 0.1) is 25.2 Å². The van der Waals surface area contributed by atoms with Gasteiger partial charge in [-0.25, -0.2) is 4.79 Å². The summed E-state index contributed by atoms with van der Waals surface area (Å²) in [7, 11) is 0. The quantitative estimate of drug-likeness (QED) is 0.420. The molecule has 0 saturated carbocycles. The molecular formula is C21H21N7O2. The molecule has 0 spiro atoms. The highest BCUT2D eigenvalue weighted by atomic mass is 16.5. The fourth-order valence-corrected chi connectivity index (χ4v) is 2.94. The van der Waals surface area contributed by atoms with Gasteiger partial charge in [0.05, 0.1) is 17.7 Å². The molecule has 2 aromatic heterocycles. The third kappa shape index (κ3) is 4.44. The van der Waals surface area contributed by atoms with E-state index in [0.717, 1.165) is 5.69 Å². The van der Waals surface area contributed by atoms with Gasteiger partial charge >= 0.3 is 5.97 Å². The third-order valence-corrected chi connectivity index (χ3v) is 4.29. The van der Waals surface area contributed by atoms with Crippen LogP contribution in [0.4, 0.5) is 17.6 Å². The number of aryl methyl sites for hydroxylation is 1. The molecular weight excluding hydrogens is 382 g/mol. The van der Waals surface area contributed by atoms with Gasteiger partial charge in [0.25, 0.3) is 0 Å². The number of nitrogens with zero attached hydrogens (tertiary/aromatic N) is 4. The van der Waals surface area contributed by atoms with Crippen molar-refractivity contribution in [2.24, 2.45) is 0 Å². The number of benzene rings is 1. The van der Waals surface area contributed by atoms with E-state index in [1.807, 2.05) is 30.3 Å². The summed E-state index contributed by atoms with van der Waals surface area (Å²) in [5.74, 6) is -0.101. The summed E-state index contributed by atoms with van der Waals surface area (Å²) < 4.78 is 5.10. The van der Waals surface area contributed by atoms with Gasteiger partial charge < -0.3 is 20.8 Å². The van der Waals surface area contributed by atoms with E-state index < -0.39 is 5.97 Å². The van der Waals surface area contributed by atoms with Gasteiger partial charge in [-0.05, 0) is 44.5 Å². The lowest BCUT2D eigenvalue weighted by Crippen LogP contribution is -2.07. The van der Waals surface area contributed by atoms with Gasteiger partial charge in [-0.1, -0.05) is 18.2 Å². The summed E-state index contributed by atoms with van der Waals surface area (Å²) in [6.45, 7) is 5.57. The normalized spacial score (nSPS) is 11.1. The minimum atomic E-state index is -0.416. The Morgan fingerprint density at radius 2 is 2.00 bits per heavy atom. The predicted molar refractivity (Wildman–Crippen MR) is 114 cm³/mol. The molecule has 0 fully saturated rings. The van der Waals surface area contributed by atoms with Crippen molar-refractivity contribution >= 4 is 35.2 Å². The molecule has 3 rings (SSSR count). The van der Waals surface area contributed by atoms with Gasteiger partial charge in [0.2, 0.25) is 11.9 Å². The second kappa shape index (κ2) is 8.87. The second-order valence-electron chi connectivity index (χ2n) is 6.39. The lowest BCUT2D eigenvalue weighted by molar-refractivity contribution is 0.0525. The monoisotopic (exact) mass is 403 g/mol. The zero-order valence-corrected chi connectivity index (χ0v) is 16.9. The molecule has 0 bridgehead atoms. The number of nitrogens with two attached hydrogens (primary N) is 1. The summed E-state index contributed by atoms with van der Waals surface area (Å²) in [4.78, 5) is 27.8. The van der Waals surface area contributed by atoms with E-state index in [1.54, 1.807) is 26.8 Å². The summed E-state index contributed by atoms with van der Waals surface area (Å²) in [5, 5.41) is 12.7. The van der Waals surface area contributed by atoms with Crippen LogP contribution in [-0.2, 0) is 4.74 Å². The van der Waals surface area contributed by atoms with Crippen molar-refractivity contribution in [3.63, 3.8) is 0 Å². The molecule has 30 heavy (non-hydrogen) atoms. The Kier molecular flexibility index (Phi) is 6.08. The molecule has 0 saturated heterocycles. The predicted octanol–water partition coefficient (Wildman–Crippen LogP) is 3.38. The number of nitriles is 1. The maximum atomic E-state index is 12.2. The van der Waals surface area contributed by atoms with E-state index in [4.69, 9.17) is 10.5 Å². The van der Waals surface area contributed by atoms with E-state index in [0.29, 0.717) is 22.5 Å². The minimum Gasteiger partial charge on any atom is -0.462 e. The number of carbonyl (C=O) groups is 1. The van der Waals surface area contributed by atoms with Gasteiger partial charge in [0.15, 0.2) is 5.82 Å². The highest BCUT2D eigenvalue weighted by Crippen LogP contribution is 2.24. The topological polar surface area (TPSA) is 143 Å². The summed E-state index contributed by atoms with van der Waals surface area (Å²) in [6.07, 6.45) is 1.58. The smallest absolute Gasteiger partial charge is 0.340 e. The molecule has 2 heterocycles. The fourth-order valence-electron chi connectivity index (χ4n) is 2.94. The van der Waals surface area contributed by atoms with Gasteiger partial charge in [-0.3, -0.25) is 0 Å². The minimum absolute atomic E-state index is 0.0221. The zero-order chi connectivity index (χ0) is 21.7. The molecule has 1 aromatic carbocycles. The average Bonchev–Trinajstić information content (AvgIpc) is 2.99. The maximum Gasteiger partial charge on any atom is 0.340 e. The molecule has 0 aliphatic rings. The number of rotatable bonds is 6. The number of allylic oxidation sites excluding steroid dienone is 1. The van der Waals surface area contributed by atoms with Crippen LogP contribution in [0.3, 0.4) is 0 Å². The van der Waals surface area contributed by atoms with E-state index in [2.05, 4.69) is 31.3 Å². The van der Waals surface area contributed by atoms with Crippen LogP contribution in [-0.4, -0.2) is 32.5 Å². The molecule has 3 aromatic rings. The van der Waals surface area contributed by atoms with E-state index >= 15 is 0 Å². The van der Waals surface area contributed by atoms with Crippen LogP contribution in [0.15, 0.2) is 30.3 Å². The molecule has 0 radical (unpaired) electrons. The maximum absolute atomic E-state index is 12.2. The van der Waals surface area contributed by atoms with Crippen molar-refractivity contribution < 1.29 is 9.53 Å². The van der Waals surface area contributed by atoms with Crippen LogP contribution >= 0.6 is 0 Å². The number of nitrogen functional groups attached to an aromatic ring is 1.